The first-order valence-corrected chi connectivity index (χ1v) is 8.38. The monoisotopic (exact) mass is 321 g/mol. The van der Waals surface area contributed by atoms with Crippen molar-refractivity contribution in [1.82, 2.24) is 4.98 Å². The van der Waals surface area contributed by atoms with Gasteiger partial charge in [-0.3, -0.25) is 4.98 Å². The van der Waals surface area contributed by atoms with Crippen molar-refractivity contribution in [3.05, 3.63) is 59.9 Å². The van der Waals surface area contributed by atoms with E-state index in [2.05, 4.69) is 17.6 Å². The van der Waals surface area contributed by atoms with Gasteiger partial charge in [0.05, 0.1) is 15.8 Å². The van der Waals surface area contributed by atoms with Crippen molar-refractivity contribution in [3.63, 3.8) is 0 Å². The highest BCUT2D eigenvalue weighted by Crippen LogP contribution is 2.29. The van der Waals surface area contributed by atoms with E-state index in [0.717, 1.165) is 5.56 Å². The Balaban J connectivity index is 2.40. The summed E-state index contributed by atoms with van der Waals surface area (Å²) < 4.78 is 25.2. The lowest BCUT2D eigenvalue weighted by molar-refractivity contribution is -0.107. The number of aryl methyl sites for hydroxylation is 1. The second-order valence-corrected chi connectivity index (χ2v) is 7.32. The van der Waals surface area contributed by atoms with Crippen LogP contribution in [0.25, 0.3) is 0 Å². The van der Waals surface area contributed by atoms with Gasteiger partial charge in [-0.2, -0.15) is 12.6 Å². The molecule has 2 atom stereocenters. The van der Waals surface area contributed by atoms with Crippen LogP contribution in [-0.2, 0) is 14.6 Å². The fraction of sp³-hybridized carbons (Fsp3) is 0.200. The van der Waals surface area contributed by atoms with E-state index in [9.17, 15) is 13.2 Å². The Labute approximate surface area is 129 Å². The molecule has 2 aromatic rings. The van der Waals surface area contributed by atoms with Gasteiger partial charge in [-0.15, -0.1) is 0 Å². The number of nitrogens with zero attached hydrogens (tertiary/aromatic N) is 1. The average Bonchev–Trinajstić information content (AvgIpc) is 2.49. The van der Waals surface area contributed by atoms with E-state index in [-0.39, 0.29) is 4.90 Å². The van der Waals surface area contributed by atoms with Crippen LogP contribution in [-0.4, -0.2) is 24.9 Å². The molecule has 0 amide bonds. The number of benzene rings is 1. The minimum Gasteiger partial charge on any atom is -0.302 e. The van der Waals surface area contributed by atoms with Gasteiger partial charge in [0.25, 0.3) is 0 Å². The van der Waals surface area contributed by atoms with Crippen LogP contribution >= 0.6 is 12.6 Å². The van der Waals surface area contributed by atoms with Gasteiger partial charge in [-0.05, 0) is 31.2 Å². The highest BCUT2D eigenvalue weighted by atomic mass is 32.2. The largest absolute Gasteiger partial charge is 0.302 e. The number of aromatic nitrogens is 1. The predicted molar refractivity (Wildman–Crippen MR) is 84.2 cm³/mol. The fourth-order valence-electron chi connectivity index (χ4n) is 1.92. The highest BCUT2D eigenvalue weighted by Gasteiger charge is 2.34. The van der Waals surface area contributed by atoms with Crippen LogP contribution in [0.4, 0.5) is 0 Å². The second kappa shape index (κ2) is 6.41. The van der Waals surface area contributed by atoms with Crippen LogP contribution in [0.3, 0.4) is 0 Å². The first kappa shape index (κ1) is 15.7. The maximum Gasteiger partial charge on any atom is 0.189 e. The molecule has 0 aliphatic carbocycles. The molecule has 0 spiro atoms. The molecule has 1 aromatic carbocycles. The number of hydrogen-bond acceptors (Lipinski definition) is 5. The standard InChI is InChI=1S/C15H15NO3S2/c1-11-5-7-12(8-6-11)21(18,19)14(10-17)15(20)13-4-2-3-9-16-13/h2-10,14-15,20H,1H3. The van der Waals surface area contributed by atoms with Crippen molar-refractivity contribution in [1.29, 1.82) is 0 Å². The van der Waals surface area contributed by atoms with Crippen LogP contribution in [0.2, 0.25) is 0 Å². The quantitative estimate of drug-likeness (QED) is 0.678. The molecule has 0 N–H and O–H groups in total. The molecule has 0 fully saturated rings. The van der Waals surface area contributed by atoms with Gasteiger partial charge in [0.1, 0.15) is 11.5 Å². The Morgan fingerprint density at radius 1 is 1.14 bits per heavy atom. The van der Waals surface area contributed by atoms with E-state index < -0.39 is 20.3 Å². The molecule has 0 aliphatic heterocycles. The third-order valence-electron chi connectivity index (χ3n) is 3.14. The van der Waals surface area contributed by atoms with E-state index in [1.807, 2.05) is 6.92 Å². The molecule has 2 rings (SSSR count). The predicted octanol–water partition coefficient (Wildman–Crippen LogP) is 2.40. The van der Waals surface area contributed by atoms with Gasteiger partial charge in [-0.1, -0.05) is 23.8 Å². The summed E-state index contributed by atoms with van der Waals surface area (Å²) in [5.74, 6) is 0. The lowest BCUT2D eigenvalue weighted by atomic mass is 10.2. The van der Waals surface area contributed by atoms with Crippen molar-refractivity contribution in [2.45, 2.75) is 22.3 Å². The Kier molecular flexibility index (Phi) is 4.80. The highest BCUT2D eigenvalue weighted by molar-refractivity contribution is 7.94. The molecular formula is C15H15NO3S2. The summed E-state index contributed by atoms with van der Waals surface area (Å²) in [6.45, 7) is 1.86. The summed E-state index contributed by atoms with van der Waals surface area (Å²) in [6, 6.07) is 11.5. The van der Waals surface area contributed by atoms with Crippen molar-refractivity contribution in [2.75, 3.05) is 0 Å². The number of sulfone groups is 1. The third kappa shape index (κ3) is 3.33. The first-order chi connectivity index (χ1) is 9.96. The van der Waals surface area contributed by atoms with Crippen LogP contribution in [0, 0.1) is 6.92 Å². The van der Waals surface area contributed by atoms with E-state index in [1.54, 1.807) is 36.5 Å². The molecule has 1 aromatic heterocycles. The maximum atomic E-state index is 12.6. The summed E-state index contributed by atoms with van der Waals surface area (Å²) in [6.07, 6.45) is 1.96. The number of rotatable bonds is 5. The Hall–Kier alpha value is -1.66. The lowest BCUT2D eigenvalue weighted by Gasteiger charge is -2.18. The molecule has 0 aliphatic rings. The van der Waals surface area contributed by atoms with Crippen molar-refractivity contribution >= 4 is 28.8 Å². The molecule has 0 saturated heterocycles. The Morgan fingerprint density at radius 2 is 1.81 bits per heavy atom. The van der Waals surface area contributed by atoms with Crippen molar-refractivity contribution < 1.29 is 13.2 Å². The molecule has 110 valence electrons. The zero-order valence-corrected chi connectivity index (χ0v) is 13.1. The van der Waals surface area contributed by atoms with E-state index in [0.29, 0.717) is 12.0 Å². The van der Waals surface area contributed by atoms with E-state index >= 15 is 0 Å². The summed E-state index contributed by atoms with van der Waals surface area (Å²) in [5.41, 5.74) is 1.40. The second-order valence-electron chi connectivity index (χ2n) is 4.66. The molecule has 0 radical (unpaired) electrons. The van der Waals surface area contributed by atoms with Gasteiger partial charge < -0.3 is 4.79 Å². The van der Waals surface area contributed by atoms with Crippen LogP contribution < -0.4 is 0 Å². The van der Waals surface area contributed by atoms with Crippen LogP contribution in [0.15, 0.2) is 53.6 Å². The van der Waals surface area contributed by atoms with Gasteiger partial charge in [0.2, 0.25) is 0 Å². The Bertz CT molecular complexity index is 712. The number of carbonyl (C=O) groups is 1. The molecular weight excluding hydrogens is 306 g/mol. The normalized spacial score (nSPS) is 14.4. The molecule has 0 saturated carbocycles. The number of pyridine rings is 1. The Morgan fingerprint density at radius 3 is 2.33 bits per heavy atom. The van der Waals surface area contributed by atoms with Crippen LogP contribution in [0.1, 0.15) is 16.5 Å². The number of carbonyl (C=O) groups excluding carboxylic acids is 1. The topological polar surface area (TPSA) is 64.1 Å². The minimum atomic E-state index is -3.80. The zero-order chi connectivity index (χ0) is 15.5. The summed E-state index contributed by atoms with van der Waals surface area (Å²) >= 11 is 4.29. The SMILES string of the molecule is Cc1ccc(S(=O)(=O)C(C=O)C(S)c2ccccn2)cc1. The average molecular weight is 321 g/mol. The number of aldehydes is 1. The molecule has 1 heterocycles. The zero-order valence-electron chi connectivity index (χ0n) is 11.4. The van der Waals surface area contributed by atoms with Gasteiger partial charge >= 0.3 is 0 Å². The summed E-state index contributed by atoms with van der Waals surface area (Å²) in [7, 11) is -3.80. The van der Waals surface area contributed by atoms with Gasteiger partial charge in [-0.25, -0.2) is 8.42 Å². The van der Waals surface area contributed by atoms with Crippen LogP contribution in [0.5, 0.6) is 0 Å². The van der Waals surface area contributed by atoms with Crippen molar-refractivity contribution in [3.8, 4) is 0 Å². The molecule has 2 unspecified atom stereocenters. The third-order valence-corrected chi connectivity index (χ3v) is 5.96. The molecule has 4 nitrogen and oxygen atoms in total. The molecule has 21 heavy (non-hydrogen) atoms. The van der Waals surface area contributed by atoms with E-state index in [1.165, 1.54) is 12.1 Å². The van der Waals surface area contributed by atoms with Gasteiger partial charge in [0, 0.05) is 6.20 Å². The maximum absolute atomic E-state index is 12.6. The molecule has 6 heteroatoms. The summed E-state index contributed by atoms with van der Waals surface area (Å²) in [5, 5.41) is -2.09. The number of hydrogen-bond donors (Lipinski definition) is 1. The van der Waals surface area contributed by atoms with Gasteiger partial charge in [0.15, 0.2) is 9.84 Å². The number of thiol groups is 1. The molecule has 0 bridgehead atoms. The van der Waals surface area contributed by atoms with Crippen molar-refractivity contribution in [2.24, 2.45) is 0 Å². The van der Waals surface area contributed by atoms with E-state index in [4.69, 9.17) is 0 Å². The fourth-order valence-corrected chi connectivity index (χ4v) is 4.08. The lowest BCUT2D eigenvalue weighted by Crippen LogP contribution is -2.28. The first-order valence-electron chi connectivity index (χ1n) is 6.31. The smallest absolute Gasteiger partial charge is 0.189 e. The minimum absolute atomic E-state index is 0.111. The summed E-state index contributed by atoms with van der Waals surface area (Å²) in [4.78, 5) is 15.5.